The lowest BCUT2D eigenvalue weighted by atomic mass is 10.1. The minimum atomic E-state index is 0.214. The normalized spacial score (nSPS) is 9.44. The van der Waals surface area contributed by atoms with Crippen LogP contribution in [0, 0.1) is 12.3 Å². The van der Waals surface area contributed by atoms with Crippen LogP contribution in [0.3, 0.4) is 0 Å². The molecule has 1 aromatic heterocycles. The molecule has 0 bridgehead atoms. The maximum atomic E-state index is 5.23. The fourth-order valence-corrected chi connectivity index (χ4v) is 1.30. The van der Waals surface area contributed by atoms with Gasteiger partial charge in [0, 0.05) is 11.6 Å². The molecule has 1 aromatic carbocycles. The van der Waals surface area contributed by atoms with Crippen molar-refractivity contribution >= 4 is 0 Å². The molecule has 0 atom stereocenters. The Hall–Kier alpha value is -2.34. The van der Waals surface area contributed by atoms with Crippen molar-refractivity contribution in [1.29, 1.82) is 0 Å². The number of terminal acetylenes is 1. The highest BCUT2D eigenvalue weighted by molar-refractivity contribution is 5.59. The Morgan fingerprint density at radius 2 is 2.00 bits per heavy atom. The maximum absolute atomic E-state index is 5.23. The summed E-state index contributed by atoms with van der Waals surface area (Å²) in [4.78, 5) is 8.15. The fourth-order valence-electron chi connectivity index (χ4n) is 1.30. The molecule has 0 radical (unpaired) electrons. The van der Waals surface area contributed by atoms with E-state index in [2.05, 4.69) is 15.9 Å². The summed E-state index contributed by atoms with van der Waals surface area (Å²) in [6.45, 7) is 0.214. The van der Waals surface area contributed by atoms with Gasteiger partial charge in [-0.3, -0.25) is 0 Å². The van der Waals surface area contributed by atoms with Gasteiger partial charge in [-0.1, -0.05) is 36.3 Å². The van der Waals surface area contributed by atoms with Gasteiger partial charge in [0.15, 0.2) is 6.61 Å². The zero-order chi connectivity index (χ0) is 11.2. The van der Waals surface area contributed by atoms with Gasteiger partial charge in [-0.25, -0.2) is 9.97 Å². The van der Waals surface area contributed by atoms with Gasteiger partial charge in [-0.2, -0.15) is 0 Å². The monoisotopic (exact) mass is 210 g/mol. The van der Waals surface area contributed by atoms with Crippen LogP contribution in [0.2, 0.25) is 0 Å². The van der Waals surface area contributed by atoms with Crippen LogP contribution in [0.25, 0.3) is 11.3 Å². The largest absolute Gasteiger partial charge is 0.464 e. The minimum absolute atomic E-state index is 0.214. The molecule has 0 unspecified atom stereocenters. The second-order valence-electron chi connectivity index (χ2n) is 3.10. The first-order valence-corrected chi connectivity index (χ1v) is 4.84. The summed E-state index contributed by atoms with van der Waals surface area (Å²) < 4.78 is 5.23. The predicted molar refractivity (Wildman–Crippen MR) is 61.8 cm³/mol. The second-order valence-corrected chi connectivity index (χ2v) is 3.10. The molecular weight excluding hydrogens is 200 g/mol. The number of benzene rings is 1. The molecule has 0 aliphatic rings. The van der Waals surface area contributed by atoms with Crippen molar-refractivity contribution in [2.45, 2.75) is 0 Å². The van der Waals surface area contributed by atoms with E-state index in [9.17, 15) is 0 Å². The highest BCUT2D eigenvalue weighted by Gasteiger charge is 2.01. The van der Waals surface area contributed by atoms with Crippen LogP contribution in [0.5, 0.6) is 5.88 Å². The smallest absolute Gasteiger partial charge is 0.217 e. The van der Waals surface area contributed by atoms with E-state index >= 15 is 0 Å². The molecule has 0 fully saturated rings. The molecule has 0 aliphatic carbocycles. The van der Waals surface area contributed by atoms with E-state index in [4.69, 9.17) is 11.2 Å². The van der Waals surface area contributed by atoms with Crippen molar-refractivity contribution in [1.82, 2.24) is 9.97 Å². The predicted octanol–water partition coefficient (Wildman–Crippen LogP) is 2.16. The fraction of sp³-hybridized carbons (Fsp3) is 0.0769. The molecule has 0 aliphatic heterocycles. The van der Waals surface area contributed by atoms with Crippen LogP contribution in [-0.4, -0.2) is 16.6 Å². The zero-order valence-electron chi connectivity index (χ0n) is 8.63. The van der Waals surface area contributed by atoms with Gasteiger partial charge < -0.3 is 4.74 Å². The molecule has 0 saturated carbocycles. The van der Waals surface area contributed by atoms with Crippen molar-refractivity contribution in [2.24, 2.45) is 0 Å². The summed E-state index contributed by atoms with van der Waals surface area (Å²) in [6.07, 6.45) is 6.57. The SMILES string of the molecule is C#CCOc1cc(-c2ccccc2)ncn1. The molecule has 0 spiro atoms. The third kappa shape index (κ3) is 2.37. The highest BCUT2D eigenvalue weighted by Crippen LogP contribution is 2.18. The van der Waals surface area contributed by atoms with Gasteiger partial charge in [-0.15, -0.1) is 6.42 Å². The molecule has 0 saturated heterocycles. The van der Waals surface area contributed by atoms with Crippen LogP contribution in [0.1, 0.15) is 0 Å². The average Bonchev–Trinajstić information content (AvgIpc) is 2.38. The summed E-state index contributed by atoms with van der Waals surface area (Å²) in [7, 11) is 0. The van der Waals surface area contributed by atoms with Crippen LogP contribution in [-0.2, 0) is 0 Å². The highest BCUT2D eigenvalue weighted by atomic mass is 16.5. The Labute approximate surface area is 94.1 Å². The molecule has 1 heterocycles. The molecule has 0 N–H and O–H groups in total. The Balaban J connectivity index is 2.26. The molecule has 0 amide bonds. The molecule has 2 rings (SSSR count). The topological polar surface area (TPSA) is 35.0 Å². The molecule has 78 valence electrons. The van der Waals surface area contributed by atoms with E-state index in [-0.39, 0.29) is 6.61 Å². The number of rotatable bonds is 3. The van der Waals surface area contributed by atoms with E-state index in [1.54, 1.807) is 6.07 Å². The maximum Gasteiger partial charge on any atom is 0.217 e. The minimum Gasteiger partial charge on any atom is -0.464 e. The van der Waals surface area contributed by atoms with Crippen molar-refractivity contribution in [3.63, 3.8) is 0 Å². The Kier molecular flexibility index (Phi) is 3.15. The third-order valence-corrected chi connectivity index (χ3v) is 2.01. The molecule has 3 nitrogen and oxygen atoms in total. The number of hydrogen-bond donors (Lipinski definition) is 0. The van der Waals surface area contributed by atoms with Gasteiger partial charge in [0.05, 0.1) is 5.69 Å². The summed E-state index contributed by atoms with van der Waals surface area (Å²) in [5.74, 6) is 2.89. The average molecular weight is 210 g/mol. The Morgan fingerprint density at radius 3 is 2.75 bits per heavy atom. The molecule has 2 aromatic rings. The van der Waals surface area contributed by atoms with E-state index in [0.717, 1.165) is 11.3 Å². The van der Waals surface area contributed by atoms with E-state index in [1.165, 1.54) is 6.33 Å². The van der Waals surface area contributed by atoms with E-state index in [0.29, 0.717) is 5.88 Å². The summed E-state index contributed by atoms with van der Waals surface area (Å²) in [6, 6.07) is 11.6. The van der Waals surface area contributed by atoms with Crippen molar-refractivity contribution in [2.75, 3.05) is 6.61 Å². The van der Waals surface area contributed by atoms with Crippen LogP contribution in [0.15, 0.2) is 42.7 Å². The van der Waals surface area contributed by atoms with Crippen LogP contribution < -0.4 is 4.74 Å². The lowest BCUT2D eigenvalue weighted by molar-refractivity contribution is 0.355. The molecular formula is C13H10N2O. The first-order chi connectivity index (χ1) is 7.90. The first-order valence-electron chi connectivity index (χ1n) is 4.84. The number of hydrogen-bond acceptors (Lipinski definition) is 3. The van der Waals surface area contributed by atoms with Crippen LogP contribution in [0.4, 0.5) is 0 Å². The van der Waals surface area contributed by atoms with Crippen molar-refractivity contribution in [3.05, 3.63) is 42.7 Å². The number of ether oxygens (including phenoxy) is 1. The van der Waals surface area contributed by atoms with Crippen molar-refractivity contribution < 1.29 is 4.74 Å². The summed E-state index contributed by atoms with van der Waals surface area (Å²) in [5.41, 5.74) is 1.85. The van der Waals surface area contributed by atoms with Gasteiger partial charge in [0.2, 0.25) is 5.88 Å². The second kappa shape index (κ2) is 4.94. The quantitative estimate of drug-likeness (QED) is 0.728. The third-order valence-electron chi connectivity index (χ3n) is 2.01. The van der Waals surface area contributed by atoms with Gasteiger partial charge in [-0.05, 0) is 0 Å². The van der Waals surface area contributed by atoms with Gasteiger partial charge in [0.1, 0.15) is 6.33 Å². The van der Waals surface area contributed by atoms with E-state index < -0.39 is 0 Å². The number of nitrogens with zero attached hydrogens (tertiary/aromatic N) is 2. The van der Waals surface area contributed by atoms with E-state index in [1.807, 2.05) is 30.3 Å². The lowest BCUT2D eigenvalue weighted by Crippen LogP contribution is -1.97. The van der Waals surface area contributed by atoms with Gasteiger partial charge >= 0.3 is 0 Å². The number of aromatic nitrogens is 2. The lowest BCUT2D eigenvalue weighted by Gasteiger charge is -2.03. The molecule has 16 heavy (non-hydrogen) atoms. The summed E-state index contributed by atoms with van der Waals surface area (Å²) >= 11 is 0. The molecule has 3 heteroatoms. The Morgan fingerprint density at radius 1 is 1.19 bits per heavy atom. The zero-order valence-corrected chi connectivity index (χ0v) is 8.63. The summed E-state index contributed by atoms with van der Waals surface area (Å²) in [5, 5.41) is 0. The van der Waals surface area contributed by atoms with Crippen molar-refractivity contribution in [3.8, 4) is 29.5 Å². The Bertz CT molecular complexity index is 503. The standard InChI is InChI=1S/C13H10N2O/c1-2-8-16-13-9-12(14-10-15-13)11-6-4-3-5-7-11/h1,3-7,9-10H,8H2. The first kappa shape index (κ1) is 10.2. The van der Waals surface area contributed by atoms with Crippen LogP contribution >= 0.6 is 0 Å². The van der Waals surface area contributed by atoms with Gasteiger partial charge in [0.25, 0.3) is 0 Å².